The molecule has 16 heavy (non-hydrogen) atoms. The molecule has 0 aromatic heterocycles. The number of hydrogen-bond acceptors (Lipinski definition) is 4. The summed E-state index contributed by atoms with van der Waals surface area (Å²) in [6.45, 7) is 0. The van der Waals surface area contributed by atoms with Gasteiger partial charge in [0.1, 0.15) is 9.84 Å². The van der Waals surface area contributed by atoms with Gasteiger partial charge in [-0.2, -0.15) is 11.8 Å². The highest BCUT2D eigenvalue weighted by Crippen LogP contribution is 2.26. The van der Waals surface area contributed by atoms with Crippen molar-refractivity contribution in [2.45, 2.75) is 38.1 Å². The van der Waals surface area contributed by atoms with Crippen LogP contribution in [0.3, 0.4) is 0 Å². The van der Waals surface area contributed by atoms with E-state index in [0.717, 1.165) is 18.8 Å². The van der Waals surface area contributed by atoms with Gasteiger partial charge >= 0.3 is 0 Å². The Kier molecular flexibility index (Phi) is 6.15. The number of sulfone groups is 1. The van der Waals surface area contributed by atoms with Gasteiger partial charge in [-0.3, -0.25) is 0 Å². The fraction of sp³-hybridized carbons (Fsp3) is 1.00. The maximum absolute atomic E-state index is 11.0. The van der Waals surface area contributed by atoms with Crippen molar-refractivity contribution >= 4 is 21.6 Å². The number of thioether (sulfide) groups is 1. The second-order valence-corrected chi connectivity index (χ2v) is 8.31. The van der Waals surface area contributed by atoms with Gasteiger partial charge in [0.25, 0.3) is 0 Å². The van der Waals surface area contributed by atoms with Gasteiger partial charge in [0.15, 0.2) is 0 Å². The van der Waals surface area contributed by atoms with E-state index in [0.29, 0.717) is 6.42 Å². The molecule has 0 aromatic rings. The third kappa shape index (κ3) is 6.76. The molecule has 2 N–H and O–H groups in total. The lowest BCUT2D eigenvalue weighted by Gasteiger charge is -2.24. The highest BCUT2D eigenvalue weighted by atomic mass is 32.2. The van der Waals surface area contributed by atoms with Crippen molar-refractivity contribution < 1.29 is 8.42 Å². The van der Waals surface area contributed by atoms with E-state index in [2.05, 4.69) is 0 Å². The van der Waals surface area contributed by atoms with Crippen molar-refractivity contribution in [2.75, 3.05) is 23.5 Å². The lowest BCUT2D eigenvalue weighted by Crippen LogP contribution is -2.26. The Labute approximate surface area is 103 Å². The summed E-state index contributed by atoms with van der Waals surface area (Å²) in [5.41, 5.74) is 6.03. The Morgan fingerprint density at radius 2 is 2.00 bits per heavy atom. The molecule has 3 nitrogen and oxygen atoms in total. The molecule has 5 heteroatoms. The summed E-state index contributed by atoms with van der Waals surface area (Å²) < 4.78 is 21.9. The summed E-state index contributed by atoms with van der Waals surface area (Å²) in [4.78, 5) is 0. The summed E-state index contributed by atoms with van der Waals surface area (Å²) in [7, 11) is -2.81. The van der Waals surface area contributed by atoms with E-state index in [1.807, 2.05) is 11.8 Å². The first-order chi connectivity index (χ1) is 7.47. The minimum atomic E-state index is -2.81. The van der Waals surface area contributed by atoms with Gasteiger partial charge in [0.2, 0.25) is 0 Å². The first-order valence-corrected chi connectivity index (χ1v) is 9.20. The van der Waals surface area contributed by atoms with Crippen LogP contribution in [0.1, 0.15) is 32.1 Å². The summed E-state index contributed by atoms with van der Waals surface area (Å²) >= 11 is 2.03. The first kappa shape index (κ1) is 14.3. The lowest BCUT2D eigenvalue weighted by molar-refractivity contribution is 0.394. The molecule has 0 amide bonds. The van der Waals surface area contributed by atoms with E-state index in [-0.39, 0.29) is 11.8 Å². The van der Waals surface area contributed by atoms with Crippen LogP contribution in [-0.4, -0.2) is 38.0 Å². The molecule has 0 radical (unpaired) electrons. The summed E-state index contributed by atoms with van der Waals surface area (Å²) in [6.07, 6.45) is 6.48. The molecule has 0 bridgehead atoms. The lowest BCUT2D eigenvalue weighted by atomic mass is 9.93. The van der Waals surface area contributed by atoms with Crippen LogP contribution in [0.2, 0.25) is 0 Å². The molecule has 0 aromatic carbocycles. The molecule has 1 fully saturated rings. The fourth-order valence-electron chi connectivity index (χ4n) is 2.14. The highest BCUT2D eigenvalue weighted by Gasteiger charge is 2.17. The topological polar surface area (TPSA) is 60.2 Å². The second kappa shape index (κ2) is 6.87. The Hall–Kier alpha value is 0.260. The van der Waals surface area contributed by atoms with Gasteiger partial charge in [0, 0.05) is 18.1 Å². The summed E-state index contributed by atoms with van der Waals surface area (Å²) in [6, 6.07) is 0.190. The molecule has 1 rings (SSSR count). The van der Waals surface area contributed by atoms with Crippen LogP contribution in [0.15, 0.2) is 0 Å². The maximum Gasteiger partial charge on any atom is 0.147 e. The second-order valence-electron chi connectivity index (χ2n) is 4.82. The molecule has 1 saturated heterocycles. The molecule has 1 aliphatic rings. The predicted molar refractivity (Wildman–Crippen MR) is 71.6 cm³/mol. The molecule has 1 atom stereocenters. The van der Waals surface area contributed by atoms with E-state index < -0.39 is 9.84 Å². The van der Waals surface area contributed by atoms with Crippen molar-refractivity contribution in [3.8, 4) is 0 Å². The Bertz CT molecular complexity index is 284. The minimum Gasteiger partial charge on any atom is -0.328 e. The largest absolute Gasteiger partial charge is 0.328 e. The van der Waals surface area contributed by atoms with E-state index in [1.165, 1.54) is 30.6 Å². The zero-order valence-corrected chi connectivity index (χ0v) is 11.7. The molecule has 0 spiro atoms. The van der Waals surface area contributed by atoms with Crippen molar-refractivity contribution in [3.63, 3.8) is 0 Å². The molecule has 96 valence electrons. The van der Waals surface area contributed by atoms with Gasteiger partial charge in [-0.05, 0) is 49.5 Å². The van der Waals surface area contributed by atoms with Gasteiger partial charge in [-0.1, -0.05) is 0 Å². The molecule has 1 heterocycles. The van der Waals surface area contributed by atoms with Gasteiger partial charge in [0.05, 0.1) is 0 Å². The molecule has 0 aliphatic carbocycles. The molecule has 0 saturated carbocycles. The number of rotatable bonds is 6. The van der Waals surface area contributed by atoms with Gasteiger partial charge in [-0.15, -0.1) is 0 Å². The monoisotopic (exact) mass is 265 g/mol. The molecule has 1 aliphatic heterocycles. The number of nitrogens with two attached hydrogens (primary N) is 1. The van der Waals surface area contributed by atoms with Crippen LogP contribution >= 0.6 is 11.8 Å². The van der Waals surface area contributed by atoms with E-state index in [4.69, 9.17) is 5.73 Å². The Balaban J connectivity index is 2.12. The summed E-state index contributed by atoms with van der Waals surface area (Å²) in [5.74, 6) is 3.58. The third-order valence-corrected chi connectivity index (χ3v) is 5.15. The normalized spacial score (nSPS) is 20.9. The first-order valence-electron chi connectivity index (χ1n) is 5.98. The van der Waals surface area contributed by atoms with Crippen LogP contribution in [0.5, 0.6) is 0 Å². The van der Waals surface area contributed by atoms with Crippen LogP contribution in [0.4, 0.5) is 0 Å². The standard InChI is InChI=1S/C11H23NO2S2/c1-16(13,14)8-2-3-11(12)9-10-4-6-15-7-5-10/h10-11H,2-9,12H2,1H3. The van der Waals surface area contributed by atoms with Crippen LogP contribution in [0, 0.1) is 5.92 Å². The SMILES string of the molecule is CS(=O)(=O)CCCC(N)CC1CCSCC1. The highest BCUT2D eigenvalue weighted by molar-refractivity contribution is 7.99. The molecular formula is C11H23NO2S2. The van der Waals surface area contributed by atoms with Gasteiger partial charge in [-0.25, -0.2) is 8.42 Å². The quantitative estimate of drug-likeness (QED) is 0.793. The third-order valence-electron chi connectivity index (χ3n) is 3.07. The zero-order valence-electron chi connectivity index (χ0n) is 10.0. The van der Waals surface area contributed by atoms with Gasteiger partial charge < -0.3 is 5.73 Å². The van der Waals surface area contributed by atoms with Crippen LogP contribution < -0.4 is 5.73 Å². The van der Waals surface area contributed by atoms with Crippen molar-refractivity contribution in [1.29, 1.82) is 0 Å². The van der Waals surface area contributed by atoms with Crippen molar-refractivity contribution in [3.05, 3.63) is 0 Å². The predicted octanol–water partition coefficient (Wildman–Crippen LogP) is 1.67. The van der Waals surface area contributed by atoms with Crippen LogP contribution in [-0.2, 0) is 9.84 Å². The van der Waals surface area contributed by atoms with E-state index in [1.54, 1.807) is 0 Å². The molecule has 1 unspecified atom stereocenters. The fourth-order valence-corrected chi connectivity index (χ4v) is 4.03. The Morgan fingerprint density at radius 1 is 1.38 bits per heavy atom. The smallest absolute Gasteiger partial charge is 0.147 e. The minimum absolute atomic E-state index is 0.190. The maximum atomic E-state index is 11.0. The van der Waals surface area contributed by atoms with Crippen molar-refractivity contribution in [1.82, 2.24) is 0 Å². The molecular weight excluding hydrogens is 242 g/mol. The average Bonchev–Trinajstić information content (AvgIpc) is 2.17. The summed E-state index contributed by atoms with van der Waals surface area (Å²) in [5, 5.41) is 0. The van der Waals surface area contributed by atoms with Crippen LogP contribution in [0.25, 0.3) is 0 Å². The van der Waals surface area contributed by atoms with E-state index >= 15 is 0 Å². The average molecular weight is 265 g/mol. The zero-order chi connectivity index (χ0) is 12.0. The van der Waals surface area contributed by atoms with Crippen molar-refractivity contribution in [2.24, 2.45) is 11.7 Å². The number of hydrogen-bond donors (Lipinski definition) is 1. The Morgan fingerprint density at radius 3 is 2.56 bits per heavy atom. The van der Waals surface area contributed by atoms with E-state index in [9.17, 15) is 8.42 Å².